The number of carboxylic acids is 2. The Bertz CT molecular complexity index is 501. The topological polar surface area (TPSA) is 116 Å². The molecule has 0 fully saturated rings. The van der Waals surface area contributed by atoms with Gasteiger partial charge in [0, 0.05) is 5.69 Å². The number of carboxylic acid groups (broad SMARTS) is 2. The predicted molar refractivity (Wildman–Crippen MR) is 67.0 cm³/mol. The number of aliphatic carboxylic acids is 2. The Balaban J connectivity index is 2.65. The second kappa shape index (κ2) is 6.39. The van der Waals surface area contributed by atoms with Crippen molar-refractivity contribution in [2.75, 3.05) is 5.32 Å². The third-order valence-electron chi connectivity index (χ3n) is 2.38. The lowest BCUT2D eigenvalue weighted by Crippen LogP contribution is -2.44. The molecule has 0 bridgehead atoms. The molecule has 0 heterocycles. The van der Waals surface area contributed by atoms with E-state index in [1.54, 1.807) is 31.2 Å². The molecule has 1 rings (SSSR count). The van der Waals surface area contributed by atoms with Crippen molar-refractivity contribution in [3.05, 3.63) is 29.8 Å². The Labute approximate surface area is 109 Å². The molecule has 4 N–H and O–H groups in total. The molecule has 0 aliphatic heterocycles. The van der Waals surface area contributed by atoms with E-state index in [9.17, 15) is 14.4 Å². The molecule has 1 atom stereocenters. The molecule has 1 aromatic rings. The van der Waals surface area contributed by atoms with Gasteiger partial charge in [0.05, 0.1) is 6.42 Å². The Kier molecular flexibility index (Phi) is 4.87. The van der Waals surface area contributed by atoms with Gasteiger partial charge in [0.25, 0.3) is 0 Å². The molecular formula is C12H14N2O5. The van der Waals surface area contributed by atoms with Crippen LogP contribution in [0.25, 0.3) is 0 Å². The first-order chi connectivity index (χ1) is 8.90. The number of rotatable bonds is 5. The third kappa shape index (κ3) is 4.66. The number of carbonyl (C=O) groups excluding carboxylic acids is 1. The standard InChI is InChI=1S/C12H14N2O5/c1-7-4-2-3-5-8(7)13-12(19)14-9(11(17)18)6-10(15)16/h2-5,9H,6H2,1H3,(H,15,16)(H,17,18)(H2,13,14,19)/t9-/m1/s1. The van der Waals surface area contributed by atoms with Crippen LogP contribution in [0.2, 0.25) is 0 Å². The number of amides is 2. The van der Waals surface area contributed by atoms with Crippen molar-refractivity contribution in [2.24, 2.45) is 0 Å². The number of nitrogens with one attached hydrogen (secondary N) is 2. The van der Waals surface area contributed by atoms with Gasteiger partial charge in [-0.1, -0.05) is 18.2 Å². The number of aryl methyl sites for hydroxylation is 1. The van der Waals surface area contributed by atoms with E-state index in [-0.39, 0.29) is 0 Å². The van der Waals surface area contributed by atoms with Crippen LogP contribution >= 0.6 is 0 Å². The van der Waals surface area contributed by atoms with Crippen LogP contribution in [0, 0.1) is 6.92 Å². The average Bonchev–Trinajstić information content (AvgIpc) is 2.30. The molecule has 7 heteroatoms. The summed E-state index contributed by atoms with van der Waals surface area (Å²) in [5.74, 6) is -2.70. The minimum atomic E-state index is -1.47. The number of urea groups is 1. The summed E-state index contributed by atoms with van der Waals surface area (Å²) in [7, 11) is 0. The average molecular weight is 266 g/mol. The number of carbonyl (C=O) groups is 3. The Morgan fingerprint density at radius 3 is 2.37 bits per heavy atom. The van der Waals surface area contributed by atoms with E-state index < -0.39 is 30.4 Å². The summed E-state index contributed by atoms with van der Waals surface area (Å²) >= 11 is 0. The second-order valence-corrected chi connectivity index (χ2v) is 3.90. The van der Waals surface area contributed by atoms with E-state index in [2.05, 4.69) is 10.6 Å². The van der Waals surface area contributed by atoms with Gasteiger partial charge in [-0.2, -0.15) is 0 Å². The molecular weight excluding hydrogens is 252 g/mol. The second-order valence-electron chi connectivity index (χ2n) is 3.90. The Hall–Kier alpha value is -2.57. The zero-order valence-electron chi connectivity index (χ0n) is 10.2. The summed E-state index contributed by atoms with van der Waals surface area (Å²) < 4.78 is 0. The summed E-state index contributed by atoms with van der Waals surface area (Å²) in [6.45, 7) is 1.78. The highest BCUT2D eigenvalue weighted by molar-refractivity contribution is 5.93. The van der Waals surface area contributed by atoms with Gasteiger partial charge >= 0.3 is 18.0 Å². The SMILES string of the molecule is Cc1ccccc1NC(=O)N[C@H](CC(=O)O)C(=O)O. The minimum Gasteiger partial charge on any atom is -0.481 e. The molecule has 2 amide bonds. The van der Waals surface area contributed by atoms with Crippen molar-refractivity contribution in [3.8, 4) is 0 Å². The fourth-order valence-electron chi connectivity index (χ4n) is 1.40. The van der Waals surface area contributed by atoms with E-state index in [0.717, 1.165) is 5.56 Å². The van der Waals surface area contributed by atoms with Gasteiger partial charge in [-0.25, -0.2) is 9.59 Å². The van der Waals surface area contributed by atoms with Gasteiger partial charge in [0.15, 0.2) is 0 Å². The van der Waals surface area contributed by atoms with E-state index >= 15 is 0 Å². The van der Waals surface area contributed by atoms with E-state index in [1.165, 1.54) is 0 Å². The maximum Gasteiger partial charge on any atom is 0.326 e. The molecule has 1 aromatic carbocycles. The lowest BCUT2D eigenvalue weighted by Gasteiger charge is -2.14. The molecule has 0 aliphatic carbocycles. The van der Waals surface area contributed by atoms with Crippen LogP contribution in [-0.4, -0.2) is 34.2 Å². The number of benzene rings is 1. The van der Waals surface area contributed by atoms with Crippen molar-refractivity contribution < 1.29 is 24.6 Å². The van der Waals surface area contributed by atoms with Crippen LogP contribution in [0.4, 0.5) is 10.5 Å². The molecule has 7 nitrogen and oxygen atoms in total. The van der Waals surface area contributed by atoms with Crippen molar-refractivity contribution in [2.45, 2.75) is 19.4 Å². The highest BCUT2D eigenvalue weighted by Crippen LogP contribution is 2.12. The van der Waals surface area contributed by atoms with Gasteiger partial charge in [-0.3, -0.25) is 4.79 Å². The first-order valence-electron chi connectivity index (χ1n) is 5.48. The van der Waals surface area contributed by atoms with Gasteiger partial charge < -0.3 is 20.8 Å². The molecule has 0 aliphatic rings. The van der Waals surface area contributed by atoms with Gasteiger partial charge in [0.1, 0.15) is 6.04 Å². The number of para-hydroxylation sites is 1. The van der Waals surface area contributed by atoms with E-state index in [4.69, 9.17) is 10.2 Å². The van der Waals surface area contributed by atoms with E-state index in [0.29, 0.717) is 5.69 Å². The number of anilines is 1. The minimum absolute atomic E-state index is 0.527. The van der Waals surface area contributed by atoms with Crippen molar-refractivity contribution in [1.82, 2.24) is 5.32 Å². The molecule has 0 radical (unpaired) electrons. The Morgan fingerprint density at radius 1 is 1.21 bits per heavy atom. The van der Waals surface area contributed by atoms with Crippen LogP contribution in [0.5, 0.6) is 0 Å². The summed E-state index contributed by atoms with van der Waals surface area (Å²) in [6, 6.07) is 4.71. The molecule has 102 valence electrons. The maximum absolute atomic E-state index is 11.6. The highest BCUT2D eigenvalue weighted by Gasteiger charge is 2.23. The summed E-state index contributed by atoms with van der Waals surface area (Å²) in [5.41, 5.74) is 1.34. The van der Waals surface area contributed by atoms with Crippen LogP contribution in [0.3, 0.4) is 0 Å². The fourth-order valence-corrected chi connectivity index (χ4v) is 1.40. The van der Waals surface area contributed by atoms with Gasteiger partial charge in [0.2, 0.25) is 0 Å². The third-order valence-corrected chi connectivity index (χ3v) is 2.38. The zero-order valence-corrected chi connectivity index (χ0v) is 10.2. The quantitative estimate of drug-likeness (QED) is 0.635. The smallest absolute Gasteiger partial charge is 0.326 e. The molecule has 19 heavy (non-hydrogen) atoms. The molecule has 0 aromatic heterocycles. The molecule has 0 unspecified atom stereocenters. The monoisotopic (exact) mass is 266 g/mol. The lowest BCUT2D eigenvalue weighted by atomic mass is 10.2. The summed E-state index contributed by atoms with van der Waals surface area (Å²) in [4.78, 5) is 32.8. The first-order valence-corrected chi connectivity index (χ1v) is 5.48. The van der Waals surface area contributed by atoms with Crippen LogP contribution < -0.4 is 10.6 Å². The highest BCUT2D eigenvalue weighted by atomic mass is 16.4. The fraction of sp³-hybridized carbons (Fsp3) is 0.250. The van der Waals surface area contributed by atoms with Crippen LogP contribution in [-0.2, 0) is 9.59 Å². The van der Waals surface area contributed by atoms with Gasteiger partial charge in [-0.15, -0.1) is 0 Å². The van der Waals surface area contributed by atoms with Gasteiger partial charge in [-0.05, 0) is 18.6 Å². The lowest BCUT2D eigenvalue weighted by molar-refractivity contribution is -0.145. The van der Waals surface area contributed by atoms with Crippen LogP contribution in [0.1, 0.15) is 12.0 Å². The first kappa shape index (κ1) is 14.5. The number of hydrogen-bond acceptors (Lipinski definition) is 3. The normalized spacial score (nSPS) is 11.4. The van der Waals surface area contributed by atoms with Crippen molar-refractivity contribution in [1.29, 1.82) is 0 Å². The van der Waals surface area contributed by atoms with Crippen molar-refractivity contribution >= 4 is 23.7 Å². The largest absolute Gasteiger partial charge is 0.481 e. The molecule has 0 saturated carbocycles. The maximum atomic E-state index is 11.6. The van der Waals surface area contributed by atoms with E-state index in [1.807, 2.05) is 0 Å². The predicted octanol–water partition coefficient (Wildman–Crippen LogP) is 1.04. The number of hydrogen-bond donors (Lipinski definition) is 4. The van der Waals surface area contributed by atoms with Crippen LogP contribution in [0.15, 0.2) is 24.3 Å². The molecule has 0 saturated heterocycles. The summed E-state index contributed by atoms with van der Waals surface area (Å²) in [6.07, 6.45) is -0.684. The Morgan fingerprint density at radius 2 is 1.84 bits per heavy atom. The molecule has 0 spiro atoms. The summed E-state index contributed by atoms with van der Waals surface area (Å²) in [5, 5.41) is 21.9. The zero-order chi connectivity index (χ0) is 14.4. The van der Waals surface area contributed by atoms with Crippen molar-refractivity contribution in [3.63, 3.8) is 0 Å².